The van der Waals surface area contributed by atoms with E-state index in [0.717, 1.165) is 24.7 Å². The highest BCUT2D eigenvalue weighted by atomic mass is 32.2. The van der Waals surface area contributed by atoms with Crippen molar-refractivity contribution in [2.75, 3.05) is 6.54 Å². The van der Waals surface area contributed by atoms with Crippen LogP contribution in [0.25, 0.3) is 5.03 Å². The third-order valence-corrected chi connectivity index (χ3v) is 4.83. The van der Waals surface area contributed by atoms with Gasteiger partial charge in [-0.1, -0.05) is 17.3 Å². The predicted octanol–water partition coefficient (Wildman–Crippen LogP) is 2.68. The van der Waals surface area contributed by atoms with E-state index in [1.165, 1.54) is 29.2 Å². The van der Waals surface area contributed by atoms with Gasteiger partial charge in [-0.25, -0.2) is 0 Å². The molecule has 0 atom stereocenters. The van der Waals surface area contributed by atoms with Crippen LogP contribution in [0, 0.1) is 6.92 Å². The number of nitrogens with zero attached hydrogens (tertiary/aromatic N) is 3. The monoisotopic (exact) mass is 262 g/mol. The molecule has 3 rings (SSSR count). The molecule has 0 unspecified atom stereocenters. The second-order valence-corrected chi connectivity index (χ2v) is 5.95. The number of aromatic nitrogens is 3. The molecule has 1 aliphatic heterocycles. The summed E-state index contributed by atoms with van der Waals surface area (Å²) >= 11 is 1.89. The summed E-state index contributed by atoms with van der Waals surface area (Å²) in [5, 5.41) is 13.0. The van der Waals surface area contributed by atoms with E-state index in [1.54, 1.807) is 5.57 Å². The minimum absolute atomic E-state index is 0.791. The molecular weight excluding hydrogens is 244 g/mol. The van der Waals surface area contributed by atoms with E-state index >= 15 is 0 Å². The average molecular weight is 262 g/mol. The summed E-state index contributed by atoms with van der Waals surface area (Å²) < 4.78 is 2.18. The van der Waals surface area contributed by atoms with Gasteiger partial charge in [0, 0.05) is 6.54 Å². The van der Waals surface area contributed by atoms with Crippen molar-refractivity contribution in [3.05, 3.63) is 28.2 Å². The van der Waals surface area contributed by atoms with E-state index in [2.05, 4.69) is 33.1 Å². The summed E-state index contributed by atoms with van der Waals surface area (Å²) in [6, 6.07) is 0. The largest absolute Gasteiger partial charge is 0.306 e. The predicted molar refractivity (Wildman–Crippen MR) is 74.9 cm³/mol. The van der Waals surface area contributed by atoms with Crippen molar-refractivity contribution in [2.24, 2.45) is 0 Å². The average Bonchev–Trinajstić information content (AvgIpc) is 2.84. The Morgan fingerprint density at radius 1 is 1.28 bits per heavy atom. The van der Waals surface area contributed by atoms with Gasteiger partial charge in [-0.05, 0) is 44.1 Å². The number of thioether (sulfide) groups is 1. The first-order valence-corrected chi connectivity index (χ1v) is 7.26. The number of rotatable bonds is 2. The molecule has 0 saturated carbocycles. The van der Waals surface area contributed by atoms with Gasteiger partial charge in [-0.2, -0.15) is 0 Å². The maximum atomic E-state index is 4.24. The van der Waals surface area contributed by atoms with Crippen LogP contribution in [0.3, 0.4) is 0 Å². The van der Waals surface area contributed by atoms with Crippen molar-refractivity contribution >= 4 is 16.8 Å². The van der Waals surface area contributed by atoms with Gasteiger partial charge < -0.3 is 5.32 Å². The molecule has 0 radical (unpaired) electrons. The summed E-state index contributed by atoms with van der Waals surface area (Å²) in [6.45, 7) is 5.97. The molecule has 5 heteroatoms. The Bertz CT molecular complexity index is 527. The first-order valence-electron chi connectivity index (χ1n) is 6.44. The fourth-order valence-electron chi connectivity index (χ4n) is 2.46. The van der Waals surface area contributed by atoms with E-state index < -0.39 is 0 Å². The van der Waals surface area contributed by atoms with Crippen LogP contribution in [0.5, 0.6) is 0 Å². The topological polar surface area (TPSA) is 42.7 Å². The van der Waals surface area contributed by atoms with Crippen molar-refractivity contribution < 1.29 is 0 Å². The van der Waals surface area contributed by atoms with E-state index in [9.17, 15) is 0 Å². The van der Waals surface area contributed by atoms with Gasteiger partial charge in [0.25, 0.3) is 0 Å². The third-order valence-electron chi connectivity index (χ3n) is 3.48. The molecule has 96 valence electrons. The fraction of sp³-hybridized carbons (Fsp3) is 0.538. The van der Waals surface area contributed by atoms with Crippen molar-refractivity contribution in [2.45, 2.75) is 39.7 Å². The van der Waals surface area contributed by atoms with Gasteiger partial charge in [0.15, 0.2) is 5.82 Å². The van der Waals surface area contributed by atoms with Crippen molar-refractivity contribution in [1.29, 1.82) is 0 Å². The Balaban J connectivity index is 1.94. The summed E-state index contributed by atoms with van der Waals surface area (Å²) in [5.74, 6) is 1.99. The molecule has 1 aromatic heterocycles. The van der Waals surface area contributed by atoms with Crippen molar-refractivity contribution in [3.63, 3.8) is 0 Å². The Kier molecular flexibility index (Phi) is 3.26. The number of fused-ring (bicyclic) bond motifs is 1. The van der Waals surface area contributed by atoms with Gasteiger partial charge in [-0.15, -0.1) is 10.2 Å². The third kappa shape index (κ3) is 2.12. The Morgan fingerprint density at radius 2 is 2.17 bits per heavy atom. The number of nitrogens with one attached hydrogen (secondary N) is 1. The Hall–Kier alpha value is -1.07. The summed E-state index contributed by atoms with van der Waals surface area (Å²) in [6.07, 6.45) is 6.02. The lowest BCUT2D eigenvalue weighted by Gasteiger charge is -2.11. The SMILES string of the molecule is CC1=C(SC2=CCNCc3nnc(C)n32)CCC1. The highest BCUT2D eigenvalue weighted by Gasteiger charge is 2.19. The van der Waals surface area contributed by atoms with Gasteiger partial charge in [0.2, 0.25) is 0 Å². The van der Waals surface area contributed by atoms with Crippen LogP contribution in [0.2, 0.25) is 0 Å². The van der Waals surface area contributed by atoms with Crippen LogP contribution < -0.4 is 5.32 Å². The Morgan fingerprint density at radius 3 is 2.94 bits per heavy atom. The zero-order chi connectivity index (χ0) is 12.5. The molecule has 18 heavy (non-hydrogen) atoms. The normalized spacial score (nSPS) is 19.8. The number of hydrogen-bond acceptors (Lipinski definition) is 4. The first kappa shape index (κ1) is 12.0. The second-order valence-electron chi connectivity index (χ2n) is 4.83. The van der Waals surface area contributed by atoms with Crippen LogP contribution in [-0.4, -0.2) is 21.3 Å². The van der Waals surface area contributed by atoms with Gasteiger partial charge in [0.1, 0.15) is 5.82 Å². The minimum Gasteiger partial charge on any atom is -0.306 e. The summed E-state index contributed by atoms with van der Waals surface area (Å²) in [7, 11) is 0. The molecule has 0 amide bonds. The van der Waals surface area contributed by atoms with Crippen LogP contribution in [0.15, 0.2) is 16.6 Å². The molecule has 0 aromatic carbocycles. The van der Waals surface area contributed by atoms with Crippen LogP contribution in [0.4, 0.5) is 0 Å². The summed E-state index contributed by atoms with van der Waals surface area (Å²) in [5.41, 5.74) is 1.55. The molecule has 0 saturated heterocycles. The molecule has 0 bridgehead atoms. The molecule has 2 heterocycles. The van der Waals surface area contributed by atoms with Gasteiger partial charge in [0.05, 0.1) is 11.6 Å². The highest BCUT2D eigenvalue weighted by Crippen LogP contribution is 2.40. The van der Waals surface area contributed by atoms with E-state index in [1.807, 2.05) is 18.7 Å². The molecule has 1 aliphatic carbocycles. The van der Waals surface area contributed by atoms with Crippen LogP contribution >= 0.6 is 11.8 Å². The lowest BCUT2D eigenvalue weighted by atomic mass is 10.3. The Labute approximate surface area is 112 Å². The highest BCUT2D eigenvalue weighted by molar-refractivity contribution is 8.11. The summed E-state index contributed by atoms with van der Waals surface area (Å²) in [4.78, 5) is 1.53. The molecular formula is C13H18N4S. The standard InChI is InChI=1S/C13H18N4S/c1-9-4-3-5-11(9)18-13-6-7-14-8-12-16-15-10(2)17(12)13/h6,14H,3-5,7-8H2,1-2H3. The van der Waals surface area contributed by atoms with E-state index in [0.29, 0.717) is 0 Å². The van der Waals surface area contributed by atoms with Crippen molar-refractivity contribution in [1.82, 2.24) is 20.1 Å². The lowest BCUT2D eigenvalue weighted by Crippen LogP contribution is -2.13. The molecule has 1 N–H and O–H groups in total. The molecule has 1 aromatic rings. The maximum Gasteiger partial charge on any atom is 0.152 e. The lowest BCUT2D eigenvalue weighted by molar-refractivity contribution is 0.718. The molecule has 0 spiro atoms. The molecule has 2 aliphatic rings. The zero-order valence-electron chi connectivity index (χ0n) is 10.9. The second kappa shape index (κ2) is 4.90. The van der Waals surface area contributed by atoms with E-state index in [4.69, 9.17) is 0 Å². The molecule has 4 nitrogen and oxygen atoms in total. The number of hydrogen-bond donors (Lipinski definition) is 1. The number of allylic oxidation sites excluding steroid dienone is 2. The quantitative estimate of drug-likeness (QED) is 0.890. The van der Waals surface area contributed by atoms with E-state index in [-0.39, 0.29) is 0 Å². The van der Waals surface area contributed by atoms with Gasteiger partial charge >= 0.3 is 0 Å². The number of aryl methyl sites for hydroxylation is 1. The first-order chi connectivity index (χ1) is 8.75. The van der Waals surface area contributed by atoms with Crippen molar-refractivity contribution in [3.8, 4) is 0 Å². The maximum absolute atomic E-state index is 4.24. The van der Waals surface area contributed by atoms with Crippen LogP contribution in [-0.2, 0) is 6.54 Å². The molecule has 0 fully saturated rings. The zero-order valence-corrected chi connectivity index (χ0v) is 11.7. The van der Waals surface area contributed by atoms with Gasteiger partial charge in [-0.3, -0.25) is 4.57 Å². The minimum atomic E-state index is 0.791. The van der Waals surface area contributed by atoms with Crippen LogP contribution in [0.1, 0.15) is 37.8 Å². The fourth-order valence-corrected chi connectivity index (χ4v) is 3.73. The smallest absolute Gasteiger partial charge is 0.152 e.